The van der Waals surface area contributed by atoms with E-state index in [9.17, 15) is 9.59 Å². The summed E-state index contributed by atoms with van der Waals surface area (Å²) in [5.41, 5.74) is 2.95. The van der Waals surface area contributed by atoms with E-state index in [1.807, 2.05) is 50.2 Å². The summed E-state index contributed by atoms with van der Waals surface area (Å²) in [5.74, 6) is 0.0103. The first-order chi connectivity index (χ1) is 12.0. The second-order valence-corrected chi connectivity index (χ2v) is 5.84. The lowest BCUT2D eigenvalue weighted by Gasteiger charge is -2.08. The molecule has 0 fully saturated rings. The fraction of sp³-hybridized carbons (Fsp3) is 0.300. The van der Waals surface area contributed by atoms with Gasteiger partial charge in [0, 0.05) is 12.1 Å². The van der Waals surface area contributed by atoms with E-state index in [2.05, 4.69) is 5.32 Å². The van der Waals surface area contributed by atoms with E-state index >= 15 is 0 Å². The van der Waals surface area contributed by atoms with E-state index in [-0.39, 0.29) is 18.9 Å². The molecule has 0 saturated carbocycles. The van der Waals surface area contributed by atoms with Crippen molar-refractivity contribution in [3.05, 3.63) is 59.7 Å². The summed E-state index contributed by atoms with van der Waals surface area (Å²) >= 11 is 0. The van der Waals surface area contributed by atoms with Gasteiger partial charge < -0.3 is 14.8 Å². The van der Waals surface area contributed by atoms with Crippen molar-refractivity contribution in [1.82, 2.24) is 0 Å². The molecule has 2 aromatic carbocycles. The molecule has 2 rings (SSSR count). The first-order valence-electron chi connectivity index (χ1n) is 8.24. The van der Waals surface area contributed by atoms with E-state index in [4.69, 9.17) is 9.47 Å². The monoisotopic (exact) mass is 341 g/mol. The van der Waals surface area contributed by atoms with Crippen LogP contribution in [0.4, 0.5) is 5.69 Å². The topological polar surface area (TPSA) is 64.6 Å². The maximum absolute atomic E-state index is 11.7. The molecule has 5 heteroatoms. The van der Waals surface area contributed by atoms with Gasteiger partial charge in [-0.15, -0.1) is 0 Å². The molecule has 0 aliphatic rings. The Morgan fingerprint density at radius 1 is 0.920 bits per heavy atom. The third kappa shape index (κ3) is 7.08. The van der Waals surface area contributed by atoms with Gasteiger partial charge in [0.15, 0.2) is 6.61 Å². The van der Waals surface area contributed by atoms with Crippen molar-refractivity contribution >= 4 is 17.6 Å². The van der Waals surface area contributed by atoms with Crippen LogP contribution >= 0.6 is 0 Å². The van der Waals surface area contributed by atoms with Crippen molar-refractivity contribution in [1.29, 1.82) is 0 Å². The Bertz CT molecular complexity index is 693. The highest BCUT2D eigenvalue weighted by Crippen LogP contribution is 2.12. The summed E-state index contributed by atoms with van der Waals surface area (Å²) in [7, 11) is 0. The molecular formula is C20H23NO4. The molecule has 5 nitrogen and oxygen atoms in total. The molecule has 0 aliphatic carbocycles. The fourth-order valence-corrected chi connectivity index (χ4v) is 2.09. The summed E-state index contributed by atoms with van der Waals surface area (Å²) in [4.78, 5) is 23.4. The van der Waals surface area contributed by atoms with Crippen molar-refractivity contribution in [2.24, 2.45) is 0 Å². The van der Waals surface area contributed by atoms with Gasteiger partial charge in [0.1, 0.15) is 5.75 Å². The van der Waals surface area contributed by atoms with Gasteiger partial charge in [-0.25, -0.2) is 0 Å². The Labute approximate surface area is 148 Å². The van der Waals surface area contributed by atoms with Crippen molar-refractivity contribution < 1.29 is 19.1 Å². The largest absolute Gasteiger partial charge is 0.494 e. The van der Waals surface area contributed by atoms with Gasteiger partial charge in [-0.3, -0.25) is 9.59 Å². The standard InChI is InChI=1S/C20H23NO4/c1-15-5-9-17(10-6-15)21-19(22)14-25-20(23)4-3-13-24-18-11-7-16(2)8-12-18/h5-12H,3-4,13-14H2,1-2H3,(H,21,22). The minimum atomic E-state index is -0.411. The van der Waals surface area contributed by atoms with E-state index in [0.717, 1.165) is 11.3 Å². The minimum Gasteiger partial charge on any atom is -0.494 e. The summed E-state index contributed by atoms with van der Waals surface area (Å²) in [6.07, 6.45) is 0.746. The highest BCUT2D eigenvalue weighted by atomic mass is 16.5. The van der Waals surface area contributed by atoms with Gasteiger partial charge in [0.05, 0.1) is 6.61 Å². The molecule has 25 heavy (non-hydrogen) atoms. The number of nitrogens with one attached hydrogen (secondary N) is 1. The van der Waals surface area contributed by atoms with Crippen molar-refractivity contribution in [2.75, 3.05) is 18.5 Å². The van der Waals surface area contributed by atoms with Crippen molar-refractivity contribution in [3.8, 4) is 5.75 Å². The lowest BCUT2D eigenvalue weighted by Crippen LogP contribution is -2.21. The number of amides is 1. The number of hydrogen-bond acceptors (Lipinski definition) is 4. The van der Waals surface area contributed by atoms with Crippen molar-refractivity contribution in [2.45, 2.75) is 26.7 Å². The Hall–Kier alpha value is -2.82. The van der Waals surface area contributed by atoms with Crippen LogP contribution in [-0.4, -0.2) is 25.1 Å². The van der Waals surface area contributed by atoms with E-state index in [0.29, 0.717) is 18.7 Å². The molecule has 0 bridgehead atoms. The number of esters is 1. The van der Waals surface area contributed by atoms with Crippen LogP contribution in [0.25, 0.3) is 0 Å². The van der Waals surface area contributed by atoms with Crippen LogP contribution in [0.5, 0.6) is 5.75 Å². The molecule has 0 atom stereocenters. The number of ether oxygens (including phenoxy) is 2. The molecule has 0 saturated heterocycles. The van der Waals surface area contributed by atoms with Crippen LogP contribution in [0.15, 0.2) is 48.5 Å². The normalized spacial score (nSPS) is 10.2. The number of benzene rings is 2. The van der Waals surface area contributed by atoms with E-state index in [1.165, 1.54) is 5.56 Å². The maximum Gasteiger partial charge on any atom is 0.306 e. The molecule has 0 heterocycles. The van der Waals surface area contributed by atoms with Gasteiger partial charge in [0.25, 0.3) is 5.91 Å². The van der Waals surface area contributed by atoms with Gasteiger partial charge in [-0.2, -0.15) is 0 Å². The van der Waals surface area contributed by atoms with E-state index < -0.39 is 5.97 Å². The number of hydrogen-bond donors (Lipinski definition) is 1. The van der Waals surface area contributed by atoms with Crippen LogP contribution in [0, 0.1) is 13.8 Å². The van der Waals surface area contributed by atoms with Crippen molar-refractivity contribution in [3.63, 3.8) is 0 Å². The number of anilines is 1. The molecule has 132 valence electrons. The Kier molecular flexibility index (Phi) is 7.01. The quantitative estimate of drug-likeness (QED) is 0.588. The van der Waals surface area contributed by atoms with Gasteiger partial charge in [-0.05, 0) is 44.5 Å². The SMILES string of the molecule is Cc1ccc(NC(=O)COC(=O)CCCOc2ccc(C)cc2)cc1. The molecule has 0 aliphatic heterocycles. The lowest BCUT2D eigenvalue weighted by molar-refractivity contribution is -0.147. The summed E-state index contributed by atoms with van der Waals surface area (Å²) < 4.78 is 10.5. The van der Waals surface area contributed by atoms with Gasteiger partial charge in [0.2, 0.25) is 0 Å². The number of aryl methyl sites for hydroxylation is 2. The summed E-state index contributed by atoms with van der Waals surface area (Å²) in [6, 6.07) is 15.1. The number of carbonyl (C=O) groups excluding carboxylic acids is 2. The predicted octanol–water partition coefficient (Wildman–Crippen LogP) is 3.64. The predicted molar refractivity (Wildman–Crippen MR) is 96.7 cm³/mol. The lowest BCUT2D eigenvalue weighted by atomic mass is 10.2. The van der Waals surface area contributed by atoms with Crippen LogP contribution < -0.4 is 10.1 Å². The molecule has 2 aromatic rings. The van der Waals surface area contributed by atoms with E-state index in [1.54, 1.807) is 12.1 Å². The number of carbonyl (C=O) groups is 2. The third-order valence-electron chi connectivity index (χ3n) is 3.51. The third-order valence-corrected chi connectivity index (χ3v) is 3.51. The van der Waals surface area contributed by atoms with Crippen LogP contribution in [0.3, 0.4) is 0 Å². The zero-order valence-electron chi connectivity index (χ0n) is 14.6. The zero-order valence-corrected chi connectivity index (χ0v) is 14.6. The maximum atomic E-state index is 11.7. The molecular weight excluding hydrogens is 318 g/mol. The Balaban J connectivity index is 1.59. The summed E-state index contributed by atoms with van der Waals surface area (Å²) in [6.45, 7) is 4.12. The minimum absolute atomic E-state index is 0.212. The van der Waals surface area contributed by atoms with Crippen LogP contribution in [0.2, 0.25) is 0 Å². The van der Waals surface area contributed by atoms with Crippen LogP contribution in [0.1, 0.15) is 24.0 Å². The molecule has 1 amide bonds. The highest BCUT2D eigenvalue weighted by molar-refractivity contribution is 5.92. The molecule has 1 N–H and O–H groups in total. The average molecular weight is 341 g/mol. The van der Waals surface area contributed by atoms with Gasteiger partial charge in [-0.1, -0.05) is 35.4 Å². The van der Waals surface area contributed by atoms with Gasteiger partial charge >= 0.3 is 5.97 Å². The second-order valence-electron chi connectivity index (χ2n) is 5.84. The molecule has 0 unspecified atom stereocenters. The highest BCUT2D eigenvalue weighted by Gasteiger charge is 2.08. The second kappa shape index (κ2) is 9.47. The smallest absolute Gasteiger partial charge is 0.306 e. The molecule has 0 aromatic heterocycles. The Morgan fingerprint density at radius 2 is 1.52 bits per heavy atom. The summed E-state index contributed by atoms with van der Waals surface area (Å²) in [5, 5.41) is 2.68. The Morgan fingerprint density at radius 3 is 2.16 bits per heavy atom. The first kappa shape index (κ1) is 18.5. The average Bonchev–Trinajstić information content (AvgIpc) is 2.60. The van der Waals surface area contributed by atoms with Crippen LogP contribution in [-0.2, 0) is 14.3 Å². The first-order valence-corrected chi connectivity index (χ1v) is 8.24. The molecule has 0 spiro atoms. The fourth-order valence-electron chi connectivity index (χ4n) is 2.09. The number of rotatable bonds is 8. The zero-order chi connectivity index (χ0) is 18.1. The molecule has 0 radical (unpaired) electrons.